The Morgan fingerprint density at radius 3 is 2.16 bits per heavy atom. The molecule has 9 heteroatoms. The third-order valence-corrected chi connectivity index (χ3v) is 10.2. The number of ether oxygens (including phenoxy) is 1. The number of sulfone groups is 1. The molecule has 0 aliphatic carbocycles. The highest BCUT2D eigenvalue weighted by atomic mass is 35.5. The number of amides is 1. The van der Waals surface area contributed by atoms with E-state index >= 15 is 0 Å². The summed E-state index contributed by atoms with van der Waals surface area (Å²) in [7, 11) is -3.54. The first-order chi connectivity index (χ1) is 17.1. The largest absolute Gasteiger partial charge is 0.448 e. The number of benzene rings is 2. The molecule has 2 aliphatic rings. The van der Waals surface area contributed by atoms with Crippen molar-refractivity contribution in [3.8, 4) is 0 Å². The van der Waals surface area contributed by atoms with Gasteiger partial charge >= 0.3 is 5.97 Å². The molecular weight excluding hydrogens is 533 g/mol. The van der Waals surface area contributed by atoms with Crippen LogP contribution in [0.2, 0.25) is 10.0 Å². The maximum Gasteiger partial charge on any atom is 0.311 e. The number of rotatable bonds is 6. The summed E-state index contributed by atoms with van der Waals surface area (Å²) in [6.45, 7) is 9.09. The lowest BCUT2D eigenvalue weighted by Gasteiger charge is -2.56. The first-order valence-corrected chi connectivity index (χ1v) is 14.9. The summed E-state index contributed by atoms with van der Waals surface area (Å²) in [6.07, 6.45) is 0.232. The number of halogens is 2. The molecule has 2 aromatic rings. The third-order valence-electron chi connectivity index (χ3n) is 7.53. The molecule has 0 radical (unpaired) electrons. The quantitative estimate of drug-likeness (QED) is 0.403. The van der Waals surface area contributed by atoms with E-state index < -0.39 is 44.2 Å². The predicted octanol–water partition coefficient (Wildman–Crippen LogP) is 5.97. The van der Waals surface area contributed by atoms with Crippen molar-refractivity contribution in [2.75, 3.05) is 5.75 Å². The molecule has 0 saturated carbocycles. The molecule has 4 rings (SSSR count). The van der Waals surface area contributed by atoms with Gasteiger partial charge in [0.25, 0.3) is 5.91 Å². The van der Waals surface area contributed by atoms with Gasteiger partial charge < -0.3 is 9.64 Å². The van der Waals surface area contributed by atoms with Crippen LogP contribution in [0.15, 0.2) is 48.5 Å². The lowest BCUT2D eigenvalue weighted by molar-refractivity contribution is -0.213. The smallest absolute Gasteiger partial charge is 0.311 e. The molecule has 0 bridgehead atoms. The van der Waals surface area contributed by atoms with Crippen molar-refractivity contribution in [1.29, 1.82) is 0 Å². The highest BCUT2D eigenvalue weighted by Crippen LogP contribution is 2.53. The average Bonchev–Trinajstić information content (AvgIpc) is 2.78. The second-order valence-electron chi connectivity index (χ2n) is 11.5. The molecule has 1 spiro atoms. The van der Waals surface area contributed by atoms with Gasteiger partial charge in [0.1, 0.15) is 0 Å². The number of esters is 1. The summed E-state index contributed by atoms with van der Waals surface area (Å²) in [5, 5.41) is 0.492. The zero-order valence-corrected chi connectivity index (χ0v) is 24.0. The van der Waals surface area contributed by atoms with E-state index in [2.05, 4.69) is 0 Å². The molecule has 1 amide bonds. The minimum absolute atomic E-state index is 0.0411. The molecular formula is C28H33Cl2NO5S. The lowest BCUT2D eigenvalue weighted by Crippen LogP contribution is -2.68. The molecule has 0 aromatic heterocycles. The Bertz CT molecular complexity index is 1290. The van der Waals surface area contributed by atoms with Crippen LogP contribution in [0.1, 0.15) is 70.5 Å². The molecule has 4 unspecified atom stereocenters. The van der Waals surface area contributed by atoms with E-state index in [1.807, 2.05) is 51.1 Å². The van der Waals surface area contributed by atoms with Crippen LogP contribution < -0.4 is 0 Å². The van der Waals surface area contributed by atoms with E-state index in [9.17, 15) is 18.0 Å². The second-order valence-corrected chi connectivity index (χ2v) is 15.0. The van der Waals surface area contributed by atoms with Crippen molar-refractivity contribution in [3.63, 3.8) is 0 Å². The fourth-order valence-electron chi connectivity index (χ4n) is 5.37. The van der Waals surface area contributed by atoms with Gasteiger partial charge in [-0.25, -0.2) is 8.42 Å². The van der Waals surface area contributed by atoms with Crippen molar-refractivity contribution in [2.24, 2.45) is 5.41 Å². The summed E-state index contributed by atoms with van der Waals surface area (Å²) >= 11 is 12.6. The van der Waals surface area contributed by atoms with Gasteiger partial charge in [-0.1, -0.05) is 68.2 Å². The van der Waals surface area contributed by atoms with Gasteiger partial charge in [-0.15, -0.1) is 0 Å². The molecule has 2 aliphatic heterocycles. The van der Waals surface area contributed by atoms with Crippen molar-refractivity contribution < 1.29 is 22.7 Å². The van der Waals surface area contributed by atoms with Crippen LogP contribution in [0, 0.1) is 5.41 Å². The zero-order chi connectivity index (χ0) is 27.3. The zero-order valence-electron chi connectivity index (χ0n) is 21.7. The fraction of sp³-hybridized carbons (Fsp3) is 0.500. The average molecular weight is 567 g/mol. The number of hydrogen-bond donors (Lipinski definition) is 0. The summed E-state index contributed by atoms with van der Waals surface area (Å²) in [6, 6.07) is 13.5. The number of likely N-dealkylation sites (tertiary alicyclic amines) is 1. The van der Waals surface area contributed by atoms with Gasteiger partial charge in [0.05, 0.1) is 29.5 Å². The molecule has 4 atom stereocenters. The molecule has 2 heterocycles. The summed E-state index contributed by atoms with van der Waals surface area (Å²) < 4.78 is 32.1. The fourth-order valence-corrected chi connectivity index (χ4v) is 7.18. The van der Waals surface area contributed by atoms with Crippen molar-refractivity contribution in [3.05, 3.63) is 69.7 Å². The Kier molecular flexibility index (Phi) is 7.47. The first kappa shape index (κ1) is 27.9. The SMILES string of the molecule is CC(C)S(=O)(=O)CC(N1C(=O)C2(CC(=O)O2)CC(c2cccc(Cl)c2)C1c1ccc(Cl)cc1)C(C)(C)C. The minimum atomic E-state index is -3.54. The van der Waals surface area contributed by atoms with Gasteiger partial charge in [0.15, 0.2) is 9.84 Å². The van der Waals surface area contributed by atoms with Crippen molar-refractivity contribution >= 4 is 44.9 Å². The second kappa shape index (κ2) is 9.90. The van der Waals surface area contributed by atoms with Crippen LogP contribution in [0.3, 0.4) is 0 Å². The number of carbonyl (C=O) groups excluding carboxylic acids is 2. The maximum atomic E-state index is 14.3. The van der Waals surface area contributed by atoms with Crippen LogP contribution in [-0.4, -0.2) is 47.8 Å². The monoisotopic (exact) mass is 565 g/mol. The van der Waals surface area contributed by atoms with Crippen LogP contribution >= 0.6 is 23.2 Å². The van der Waals surface area contributed by atoms with Crippen molar-refractivity contribution in [2.45, 2.75) is 76.3 Å². The normalized spacial score (nSPS) is 25.2. The third kappa shape index (κ3) is 5.41. The Hall–Kier alpha value is -2.09. The molecule has 37 heavy (non-hydrogen) atoms. The van der Waals surface area contributed by atoms with Crippen LogP contribution in [0.4, 0.5) is 0 Å². The molecule has 6 nitrogen and oxygen atoms in total. The van der Waals surface area contributed by atoms with E-state index in [0.29, 0.717) is 10.0 Å². The minimum Gasteiger partial charge on any atom is -0.448 e. The summed E-state index contributed by atoms with van der Waals surface area (Å²) in [4.78, 5) is 28.1. The van der Waals surface area contributed by atoms with E-state index in [4.69, 9.17) is 27.9 Å². The number of piperidine rings is 1. The van der Waals surface area contributed by atoms with E-state index in [0.717, 1.165) is 11.1 Å². The number of nitrogens with zero attached hydrogens (tertiary/aromatic N) is 1. The molecule has 0 N–H and O–H groups in total. The van der Waals surface area contributed by atoms with Gasteiger partial charge in [-0.2, -0.15) is 0 Å². The molecule has 2 aromatic carbocycles. The topological polar surface area (TPSA) is 80.8 Å². The van der Waals surface area contributed by atoms with Crippen LogP contribution in [-0.2, 0) is 24.2 Å². The highest BCUT2D eigenvalue weighted by Gasteiger charge is 2.62. The molecule has 200 valence electrons. The standard InChI is InChI=1S/C28H33Cl2NO5S/c1-17(2)37(34,35)16-23(27(3,4)5)31-25(18-9-11-20(29)12-10-18)22(19-7-6-8-21(30)13-19)14-28(26(31)33)15-24(32)36-28/h6-13,17,22-23,25H,14-16H2,1-5H3. The Labute approximate surface area is 229 Å². The van der Waals surface area contributed by atoms with E-state index in [1.165, 1.54) is 0 Å². The van der Waals surface area contributed by atoms with E-state index in [-0.39, 0.29) is 30.4 Å². The Morgan fingerprint density at radius 2 is 1.65 bits per heavy atom. The predicted molar refractivity (Wildman–Crippen MR) is 145 cm³/mol. The van der Waals surface area contributed by atoms with E-state index in [1.54, 1.807) is 36.9 Å². The highest BCUT2D eigenvalue weighted by molar-refractivity contribution is 7.92. The maximum absolute atomic E-state index is 14.3. The molecule has 2 saturated heterocycles. The van der Waals surface area contributed by atoms with Crippen LogP contribution in [0.25, 0.3) is 0 Å². The van der Waals surface area contributed by atoms with Gasteiger partial charge in [-0.05, 0) is 54.7 Å². The van der Waals surface area contributed by atoms with Gasteiger partial charge in [0, 0.05) is 22.4 Å². The summed E-state index contributed by atoms with van der Waals surface area (Å²) in [5.41, 5.74) is -0.239. The van der Waals surface area contributed by atoms with Crippen LogP contribution in [0.5, 0.6) is 0 Å². The molecule has 2 fully saturated rings. The number of carbonyl (C=O) groups is 2. The Balaban J connectivity index is 1.96. The lowest BCUT2D eigenvalue weighted by atomic mass is 9.69. The van der Waals surface area contributed by atoms with Gasteiger partial charge in [0.2, 0.25) is 5.60 Å². The first-order valence-electron chi connectivity index (χ1n) is 12.4. The summed E-state index contributed by atoms with van der Waals surface area (Å²) in [5.74, 6) is -1.32. The van der Waals surface area contributed by atoms with Crippen molar-refractivity contribution in [1.82, 2.24) is 4.90 Å². The van der Waals surface area contributed by atoms with Gasteiger partial charge in [-0.3, -0.25) is 9.59 Å². The number of hydrogen-bond acceptors (Lipinski definition) is 5. The Morgan fingerprint density at radius 1 is 1.03 bits per heavy atom.